The van der Waals surface area contributed by atoms with Crippen LogP contribution in [0, 0.1) is 0 Å². The number of hydrogen-bond donors (Lipinski definition) is 1. The van der Waals surface area contributed by atoms with E-state index < -0.39 is 11.7 Å². The maximum atomic E-state index is 12.5. The maximum absolute atomic E-state index is 12.5. The lowest BCUT2D eigenvalue weighted by atomic mass is 10.2. The van der Waals surface area contributed by atoms with Gasteiger partial charge in [0.25, 0.3) is 0 Å². The molecule has 0 spiro atoms. The quantitative estimate of drug-likeness (QED) is 0.709. The first-order chi connectivity index (χ1) is 9.54. The predicted octanol–water partition coefficient (Wildman–Crippen LogP) is 3.10. The lowest BCUT2D eigenvalue weighted by molar-refractivity contribution is -0.137. The van der Waals surface area contributed by atoms with E-state index in [9.17, 15) is 13.2 Å². The second-order valence-electron chi connectivity index (χ2n) is 4.32. The van der Waals surface area contributed by atoms with Crippen molar-refractivity contribution in [1.29, 1.82) is 0 Å². The van der Waals surface area contributed by atoms with Crippen molar-refractivity contribution in [2.45, 2.75) is 19.0 Å². The molecule has 0 saturated heterocycles. The minimum atomic E-state index is -4.33. The van der Waals surface area contributed by atoms with Gasteiger partial charge < -0.3 is 14.8 Å². The van der Waals surface area contributed by atoms with Crippen LogP contribution in [0.25, 0.3) is 0 Å². The normalized spacial score (nSPS) is 11.6. The Bertz CT molecular complexity index is 383. The number of nitrogens with one attached hydrogen (secondary N) is 1. The highest BCUT2D eigenvalue weighted by Gasteiger charge is 2.30. The Hall–Kier alpha value is -1.27. The van der Waals surface area contributed by atoms with E-state index in [1.54, 1.807) is 7.11 Å². The molecule has 1 aromatic rings. The number of unbranched alkanes of at least 4 members (excludes halogenated alkanes) is 1. The van der Waals surface area contributed by atoms with E-state index >= 15 is 0 Å². The third-order valence-electron chi connectivity index (χ3n) is 2.66. The van der Waals surface area contributed by atoms with Crippen LogP contribution in [0.15, 0.2) is 24.3 Å². The molecule has 0 unspecified atom stereocenters. The van der Waals surface area contributed by atoms with Gasteiger partial charge in [-0.05, 0) is 37.6 Å². The number of rotatable bonds is 9. The molecule has 114 valence electrons. The van der Waals surface area contributed by atoms with Gasteiger partial charge in [0, 0.05) is 13.7 Å². The van der Waals surface area contributed by atoms with Crippen LogP contribution in [0.5, 0.6) is 5.75 Å². The second-order valence-corrected chi connectivity index (χ2v) is 4.32. The summed E-state index contributed by atoms with van der Waals surface area (Å²) in [5, 5.41) is 3.18. The predicted molar refractivity (Wildman–Crippen MR) is 70.9 cm³/mol. The molecule has 0 aromatic heterocycles. The monoisotopic (exact) mass is 291 g/mol. The summed E-state index contributed by atoms with van der Waals surface area (Å²) in [6.07, 6.45) is -2.64. The molecule has 1 N–H and O–H groups in total. The fraction of sp³-hybridized carbons (Fsp3) is 0.571. The zero-order chi connectivity index (χ0) is 14.8. The lowest BCUT2D eigenvalue weighted by Crippen LogP contribution is -2.20. The summed E-state index contributed by atoms with van der Waals surface area (Å²) in [7, 11) is 1.64. The highest BCUT2D eigenvalue weighted by atomic mass is 19.4. The van der Waals surface area contributed by atoms with Crippen molar-refractivity contribution in [2.24, 2.45) is 0 Å². The molecular formula is C14H20F3NO2. The average Bonchev–Trinajstić information content (AvgIpc) is 2.41. The van der Waals surface area contributed by atoms with Crippen LogP contribution in [0.1, 0.15) is 18.4 Å². The van der Waals surface area contributed by atoms with Crippen molar-refractivity contribution in [1.82, 2.24) is 5.32 Å². The van der Waals surface area contributed by atoms with Crippen LogP contribution in [0.3, 0.4) is 0 Å². The molecular weight excluding hydrogens is 271 g/mol. The summed E-state index contributed by atoms with van der Waals surface area (Å²) in [6.45, 7) is 2.72. The van der Waals surface area contributed by atoms with Gasteiger partial charge in [-0.25, -0.2) is 0 Å². The minimum Gasteiger partial charge on any atom is -0.494 e. The summed E-state index contributed by atoms with van der Waals surface area (Å²) in [4.78, 5) is 0. The SMILES string of the molecule is COCCNCCCCOc1cccc(C(F)(F)F)c1. The van der Waals surface area contributed by atoms with Crippen LogP contribution in [-0.2, 0) is 10.9 Å². The van der Waals surface area contributed by atoms with E-state index in [1.807, 2.05) is 0 Å². The van der Waals surface area contributed by atoms with E-state index in [4.69, 9.17) is 9.47 Å². The Labute approximate surface area is 117 Å². The first-order valence-electron chi connectivity index (χ1n) is 6.54. The van der Waals surface area contributed by atoms with Crippen molar-refractivity contribution >= 4 is 0 Å². The van der Waals surface area contributed by atoms with Gasteiger partial charge in [-0.15, -0.1) is 0 Å². The molecule has 0 fully saturated rings. The molecule has 0 radical (unpaired) electrons. The molecule has 20 heavy (non-hydrogen) atoms. The first kappa shape index (κ1) is 16.8. The van der Waals surface area contributed by atoms with E-state index in [0.717, 1.165) is 38.1 Å². The molecule has 1 rings (SSSR count). The van der Waals surface area contributed by atoms with Gasteiger partial charge in [0.1, 0.15) is 5.75 Å². The molecule has 0 atom stereocenters. The van der Waals surface area contributed by atoms with Crippen LogP contribution < -0.4 is 10.1 Å². The van der Waals surface area contributed by atoms with Crippen LogP contribution in [0.2, 0.25) is 0 Å². The fourth-order valence-electron chi connectivity index (χ4n) is 1.60. The molecule has 0 amide bonds. The van der Waals surface area contributed by atoms with Gasteiger partial charge in [-0.1, -0.05) is 6.07 Å². The Morgan fingerprint density at radius 3 is 2.60 bits per heavy atom. The zero-order valence-corrected chi connectivity index (χ0v) is 11.5. The standard InChI is InChI=1S/C14H20F3NO2/c1-19-10-8-18-7-2-3-9-20-13-6-4-5-12(11-13)14(15,16)17/h4-6,11,18H,2-3,7-10H2,1H3. The lowest BCUT2D eigenvalue weighted by Gasteiger charge is -2.10. The smallest absolute Gasteiger partial charge is 0.416 e. The van der Waals surface area contributed by atoms with E-state index in [1.165, 1.54) is 12.1 Å². The molecule has 0 heterocycles. The molecule has 0 aliphatic carbocycles. The van der Waals surface area contributed by atoms with Crippen LogP contribution in [-0.4, -0.2) is 33.4 Å². The van der Waals surface area contributed by atoms with E-state index in [-0.39, 0.29) is 5.75 Å². The number of methoxy groups -OCH3 is 1. The number of hydrogen-bond acceptors (Lipinski definition) is 3. The van der Waals surface area contributed by atoms with Crippen molar-refractivity contribution in [2.75, 3.05) is 33.4 Å². The number of halogens is 3. The van der Waals surface area contributed by atoms with Gasteiger partial charge in [0.2, 0.25) is 0 Å². The number of alkyl halides is 3. The molecule has 3 nitrogen and oxygen atoms in total. The molecule has 0 aliphatic heterocycles. The van der Waals surface area contributed by atoms with Gasteiger partial charge in [0.05, 0.1) is 18.8 Å². The highest BCUT2D eigenvalue weighted by molar-refractivity contribution is 5.30. The van der Waals surface area contributed by atoms with E-state index in [0.29, 0.717) is 13.2 Å². The molecule has 0 saturated carbocycles. The van der Waals surface area contributed by atoms with Gasteiger partial charge in [-0.2, -0.15) is 13.2 Å². The fourth-order valence-corrected chi connectivity index (χ4v) is 1.60. The Balaban J connectivity index is 2.19. The van der Waals surface area contributed by atoms with Crippen molar-refractivity contribution < 1.29 is 22.6 Å². The van der Waals surface area contributed by atoms with Gasteiger partial charge in [0.15, 0.2) is 0 Å². The van der Waals surface area contributed by atoms with Crippen molar-refractivity contribution in [3.05, 3.63) is 29.8 Å². The summed E-state index contributed by atoms with van der Waals surface area (Å²) in [5.41, 5.74) is -0.684. The third-order valence-corrected chi connectivity index (χ3v) is 2.66. The molecule has 0 aliphatic rings. The van der Waals surface area contributed by atoms with Crippen LogP contribution >= 0.6 is 0 Å². The maximum Gasteiger partial charge on any atom is 0.416 e. The third kappa shape index (κ3) is 6.77. The van der Waals surface area contributed by atoms with Gasteiger partial charge in [-0.3, -0.25) is 0 Å². The molecule has 1 aromatic carbocycles. The summed E-state index contributed by atoms with van der Waals surface area (Å²) >= 11 is 0. The second kappa shape index (κ2) is 8.81. The number of ether oxygens (including phenoxy) is 2. The minimum absolute atomic E-state index is 0.257. The average molecular weight is 291 g/mol. The Morgan fingerprint density at radius 1 is 1.10 bits per heavy atom. The van der Waals surface area contributed by atoms with Crippen molar-refractivity contribution in [3.8, 4) is 5.75 Å². The summed E-state index contributed by atoms with van der Waals surface area (Å²) in [6, 6.07) is 4.94. The first-order valence-corrected chi connectivity index (χ1v) is 6.54. The number of benzene rings is 1. The summed E-state index contributed by atoms with van der Waals surface area (Å²) < 4.78 is 47.7. The topological polar surface area (TPSA) is 30.5 Å². The Morgan fingerprint density at radius 2 is 1.90 bits per heavy atom. The zero-order valence-electron chi connectivity index (χ0n) is 11.5. The van der Waals surface area contributed by atoms with Gasteiger partial charge >= 0.3 is 6.18 Å². The summed E-state index contributed by atoms with van der Waals surface area (Å²) in [5.74, 6) is 0.257. The molecule has 6 heteroatoms. The highest BCUT2D eigenvalue weighted by Crippen LogP contribution is 2.31. The molecule has 0 bridgehead atoms. The van der Waals surface area contributed by atoms with Crippen molar-refractivity contribution in [3.63, 3.8) is 0 Å². The van der Waals surface area contributed by atoms with Crippen LogP contribution in [0.4, 0.5) is 13.2 Å². The van der Waals surface area contributed by atoms with E-state index in [2.05, 4.69) is 5.32 Å². The largest absolute Gasteiger partial charge is 0.494 e. The Kier molecular flexibility index (Phi) is 7.40.